The van der Waals surface area contributed by atoms with Crippen LogP contribution in [0.1, 0.15) is 5.01 Å². The Morgan fingerprint density at radius 1 is 1.55 bits per heavy atom. The van der Waals surface area contributed by atoms with E-state index in [4.69, 9.17) is 5.73 Å². The van der Waals surface area contributed by atoms with Gasteiger partial charge in [0.2, 0.25) is 5.13 Å². The van der Waals surface area contributed by atoms with Crippen LogP contribution in [0, 0.1) is 5.92 Å². The van der Waals surface area contributed by atoms with Crippen molar-refractivity contribution in [3.63, 3.8) is 0 Å². The van der Waals surface area contributed by atoms with Gasteiger partial charge in [-0.25, -0.2) is 0 Å². The lowest BCUT2D eigenvalue weighted by Crippen LogP contribution is -2.43. The van der Waals surface area contributed by atoms with Crippen molar-refractivity contribution in [1.29, 1.82) is 0 Å². The van der Waals surface area contributed by atoms with Crippen LogP contribution in [0.2, 0.25) is 0 Å². The summed E-state index contributed by atoms with van der Waals surface area (Å²) in [4.78, 5) is 0. The monoisotopic (exact) mass is 170 g/mol. The van der Waals surface area contributed by atoms with Crippen LogP contribution < -0.4 is 11.1 Å². The lowest BCUT2D eigenvalue weighted by atomic mass is 10.0. The smallest absolute Gasteiger partial charge is 0.203 e. The molecule has 11 heavy (non-hydrogen) atoms. The number of anilines is 1. The maximum Gasteiger partial charge on any atom is 0.203 e. The van der Waals surface area contributed by atoms with Crippen molar-refractivity contribution in [3.05, 3.63) is 5.01 Å². The van der Waals surface area contributed by atoms with Crippen LogP contribution in [-0.4, -0.2) is 23.3 Å². The second-order valence-electron chi connectivity index (χ2n) is 2.76. The molecule has 0 amide bonds. The third-order valence-electron chi connectivity index (χ3n) is 1.81. The predicted molar refractivity (Wildman–Crippen MR) is 44.4 cm³/mol. The minimum atomic E-state index is 0.576. The molecule has 0 saturated carbocycles. The van der Waals surface area contributed by atoms with Gasteiger partial charge in [0.15, 0.2) is 0 Å². The van der Waals surface area contributed by atoms with Crippen molar-refractivity contribution < 1.29 is 0 Å². The Bertz CT molecular complexity index is 242. The zero-order valence-electron chi connectivity index (χ0n) is 6.08. The maximum absolute atomic E-state index is 5.44. The molecule has 4 nitrogen and oxygen atoms in total. The van der Waals surface area contributed by atoms with Gasteiger partial charge in [-0.15, -0.1) is 10.2 Å². The summed E-state index contributed by atoms with van der Waals surface area (Å²) < 4.78 is 0. The first-order valence-corrected chi connectivity index (χ1v) is 4.45. The molecule has 2 rings (SSSR count). The van der Waals surface area contributed by atoms with Crippen molar-refractivity contribution in [2.45, 2.75) is 6.42 Å². The molecule has 0 aromatic carbocycles. The average molecular weight is 170 g/mol. The van der Waals surface area contributed by atoms with Crippen molar-refractivity contribution >= 4 is 16.5 Å². The fraction of sp³-hybridized carbons (Fsp3) is 0.667. The van der Waals surface area contributed by atoms with Crippen LogP contribution in [-0.2, 0) is 6.42 Å². The summed E-state index contributed by atoms with van der Waals surface area (Å²) in [6.45, 7) is 2.22. The third-order valence-corrected chi connectivity index (χ3v) is 2.59. The Kier molecular flexibility index (Phi) is 1.75. The van der Waals surface area contributed by atoms with Crippen molar-refractivity contribution in [2.75, 3.05) is 18.8 Å². The average Bonchev–Trinajstić information content (AvgIpc) is 2.27. The fourth-order valence-electron chi connectivity index (χ4n) is 1.09. The molecule has 1 aromatic rings. The molecule has 0 atom stereocenters. The summed E-state index contributed by atoms with van der Waals surface area (Å²) in [5.41, 5.74) is 5.44. The molecule has 5 heteroatoms. The topological polar surface area (TPSA) is 63.8 Å². The largest absolute Gasteiger partial charge is 0.374 e. The summed E-state index contributed by atoms with van der Waals surface area (Å²) in [6, 6.07) is 0. The Morgan fingerprint density at radius 2 is 2.36 bits per heavy atom. The zero-order chi connectivity index (χ0) is 7.68. The van der Waals surface area contributed by atoms with E-state index in [1.807, 2.05) is 0 Å². The molecule has 1 fully saturated rings. The highest BCUT2D eigenvalue weighted by atomic mass is 32.1. The number of hydrogen-bond donors (Lipinski definition) is 2. The minimum absolute atomic E-state index is 0.576. The second-order valence-corrected chi connectivity index (χ2v) is 3.86. The van der Waals surface area contributed by atoms with E-state index in [1.54, 1.807) is 0 Å². The lowest BCUT2D eigenvalue weighted by Gasteiger charge is -2.25. The molecular weight excluding hydrogens is 160 g/mol. The van der Waals surface area contributed by atoms with Crippen LogP contribution in [0.3, 0.4) is 0 Å². The number of nitrogens with two attached hydrogens (primary N) is 1. The fourth-order valence-corrected chi connectivity index (χ4v) is 1.81. The standard InChI is InChI=1S/C6H10N4S/c7-6-10-9-5(11-6)1-4-2-8-3-4/h4,8H,1-3H2,(H2,7,10). The van der Waals surface area contributed by atoms with Crippen LogP contribution >= 0.6 is 11.3 Å². The van der Waals surface area contributed by atoms with Crippen LogP contribution in [0.4, 0.5) is 5.13 Å². The van der Waals surface area contributed by atoms with E-state index in [-0.39, 0.29) is 0 Å². The van der Waals surface area contributed by atoms with E-state index in [1.165, 1.54) is 11.3 Å². The molecule has 1 aromatic heterocycles. The highest BCUT2D eigenvalue weighted by molar-refractivity contribution is 7.15. The summed E-state index contributed by atoms with van der Waals surface area (Å²) >= 11 is 1.49. The number of rotatable bonds is 2. The number of aromatic nitrogens is 2. The third kappa shape index (κ3) is 1.49. The van der Waals surface area contributed by atoms with Gasteiger partial charge >= 0.3 is 0 Å². The molecule has 2 heterocycles. The molecule has 0 spiro atoms. The summed E-state index contributed by atoms with van der Waals surface area (Å²) in [5, 5.41) is 12.6. The summed E-state index contributed by atoms with van der Waals surface area (Å²) in [7, 11) is 0. The zero-order valence-corrected chi connectivity index (χ0v) is 6.90. The van der Waals surface area contributed by atoms with Crippen LogP contribution in [0.5, 0.6) is 0 Å². The minimum Gasteiger partial charge on any atom is -0.374 e. The van der Waals surface area contributed by atoms with Crippen molar-refractivity contribution in [1.82, 2.24) is 15.5 Å². The Labute approximate surface area is 68.8 Å². The molecule has 0 radical (unpaired) electrons. The van der Waals surface area contributed by atoms with Gasteiger partial charge in [-0.3, -0.25) is 0 Å². The van der Waals surface area contributed by atoms with E-state index in [9.17, 15) is 0 Å². The van der Waals surface area contributed by atoms with E-state index in [0.29, 0.717) is 5.13 Å². The molecule has 1 aliphatic rings. The first-order valence-electron chi connectivity index (χ1n) is 3.63. The number of hydrogen-bond acceptors (Lipinski definition) is 5. The van der Waals surface area contributed by atoms with Gasteiger partial charge in [-0.2, -0.15) is 0 Å². The van der Waals surface area contributed by atoms with E-state index < -0.39 is 0 Å². The molecule has 60 valence electrons. The normalized spacial score (nSPS) is 18.2. The lowest BCUT2D eigenvalue weighted by molar-refractivity contribution is 0.345. The SMILES string of the molecule is Nc1nnc(CC2CNC2)s1. The molecule has 1 aliphatic heterocycles. The van der Waals surface area contributed by atoms with Crippen LogP contribution in [0.25, 0.3) is 0 Å². The molecular formula is C6H10N4S. The Balaban J connectivity index is 1.95. The molecule has 0 unspecified atom stereocenters. The molecule has 1 saturated heterocycles. The van der Waals surface area contributed by atoms with Crippen molar-refractivity contribution in [3.8, 4) is 0 Å². The van der Waals surface area contributed by atoms with Gasteiger partial charge in [0, 0.05) is 6.42 Å². The van der Waals surface area contributed by atoms with E-state index in [0.717, 1.165) is 30.4 Å². The van der Waals surface area contributed by atoms with Gasteiger partial charge in [-0.1, -0.05) is 11.3 Å². The number of nitrogens with one attached hydrogen (secondary N) is 1. The quantitative estimate of drug-likeness (QED) is 0.649. The first-order chi connectivity index (χ1) is 5.34. The number of nitrogen functional groups attached to an aromatic ring is 1. The molecule has 0 bridgehead atoms. The first kappa shape index (κ1) is 7.00. The number of nitrogens with zero attached hydrogens (tertiary/aromatic N) is 2. The summed E-state index contributed by atoms with van der Waals surface area (Å²) in [6.07, 6.45) is 1.03. The van der Waals surface area contributed by atoms with Crippen LogP contribution in [0.15, 0.2) is 0 Å². The Hall–Kier alpha value is -0.680. The highest BCUT2D eigenvalue weighted by Gasteiger charge is 2.18. The molecule has 3 N–H and O–H groups in total. The highest BCUT2D eigenvalue weighted by Crippen LogP contribution is 2.17. The Morgan fingerprint density at radius 3 is 2.82 bits per heavy atom. The van der Waals surface area contributed by atoms with Gasteiger partial charge < -0.3 is 11.1 Å². The van der Waals surface area contributed by atoms with E-state index in [2.05, 4.69) is 15.5 Å². The maximum atomic E-state index is 5.44. The van der Waals surface area contributed by atoms with Gasteiger partial charge in [0.25, 0.3) is 0 Å². The van der Waals surface area contributed by atoms with Crippen molar-refractivity contribution in [2.24, 2.45) is 5.92 Å². The summed E-state index contributed by atoms with van der Waals surface area (Å²) in [5.74, 6) is 0.752. The van der Waals surface area contributed by atoms with Gasteiger partial charge in [0.05, 0.1) is 0 Å². The van der Waals surface area contributed by atoms with Gasteiger partial charge in [0.1, 0.15) is 5.01 Å². The second kappa shape index (κ2) is 2.75. The predicted octanol–water partition coefficient (Wildman–Crippen LogP) is -0.118. The molecule has 0 aliphatic carbocycles. The van der Waals surface area contributed by atoms with Gasteiger partial charge in [-0.05, 0) is 19.0 Å². The van der Waals surface area contributed by atoms with E-state index >= 15 is 0 Å².